The van der Waals surface area contributed by atoms with Crippen LogP contribution in [-0.4, -0.2) is 37.0 Å². The van der Waals surface area contributed by atoms with E-state index in [-0.39, 0.29) is 29.9 Å². The van der Waals surface area contributed by atoms with E-state index in [1.165, 1.54) is 0 Å². The van der Waals surface area contributed by atoms with E-state index in [0.717, 1.165) is 12.8 Å². The molecule has 7 heteroatoms. The second-order valence-electron chi connectivity index (χ2n) is 7.08. The summed E-state index contributed by atoms with van der Waals surface area (Å²) in [6.45, 7) is 4.23. The van der Waals surface area contributed by atoms with Crippen LogP contribution in [0.5, 0.6) is 5.75 Å². The van der Waals surface area contributed by atoms with E-state index < -0.39 is 0 Å². The Labute approximate surface area is 147 Å². The number of methoxy groups -OCH3 is 1. The van der Waals surface area contributed by atoms with Gasteiger partial charge in [-0.1, -0.05) is 13.8 Å². The maximum Gasteiger partial charge on any atom is 0.253 e. The van der Waals surface area contributed by atoms with Crippen LogP contribution in [0, 0.1) is 5.92 Å². The van der Waals surface area contributed by atoms with Crippen molar-refractivity contribution in [2.75, 3.05) is 12.4 Å². The first-order chi connectivity index (χ1) is 12.0. The maximum atomic E-state index is 12.6. The van der Waals surface area contributed by atoms with Gasteiger partial charge in [0.2, 0.25) is 5.91 Å². The third-order valence-electron chi connectivity index (χ3n) is 4.70. The molecule has 1 saturated heterocycles. The SMILES string of the molecule is COc1ccc(NC(=O)C2CC(C(C)C)NN2)c(C(=O)NC2CC2)c1. The lowest BCUT2D eigenvalue weighted by molar-refractivity contribution is -0.117. The normalized spacial score (nSPS) is 22.7. The maximum absolute atomic E-state index is 12.6. The van der Waals surface area contributed by atoms with Gasteiger partial charge in [0.25, 0.3) is 5.91 Å². The smallest absolute Gasteiger partial charge is 0.253 e. The summed E-state index contributed by atoms with van der Waals surface area (Å²) in [7, 11) is 1.55. The Morgan fingerprint density at radius 1 is 1.24 bits per heavy atom. The molecule has 1 aromatic rings. The first kappa shape index (κ1) is 17.7. The minimum absolute atomic E-state index is 0.152. The fraction of sp³-hybridized carbons (Fsp3) is 0.556. The number of carbonyl (C=O) groups excluding carboxylic acids is 2. The molecule has 2 atom stereocenters. The predicted octanol–water partition coefficient (Wildman–Crippen LogP) is 1.42. The van der Waals surface area contributed by atoms with Crippen LogP contribution in [0.3, 0.4) is 0 Å². The molecule has 0 radical (unpaired) electrons. The van der Waals surface area contributed by atoms with Crippen LogP contribution in [0.15, 0.2) is 18.2 Å². The summed E-state index contributed by atoms with van der Waals surface area (Å²) >= 11 is 0. The summed E-state index contributed by atoms with van der Waals surface area (Å²) in [5.74, 6) is 0.682. The summed E-state index contributed by atoms with van der Waals surface area (Å²) in [4.78, 5) is 25.1. The monoisotopic (exact) mass is 346 g/mol. The van der Waals surface area contributed by atoms with Gasteiger partial charge >= 0.3 is 0 Å². The van der Waals surface area contributed by atoms with Gasteiger partial charge < -0.3 is 15.4 Å². The molecule has 0 bridgehead atoms. The van der Waals surface area contributed by atoms with Crippen molar-refractivity contribution in [3.8, 4) is 5.75 Å². The zero-order valence-corrected chi connectivity index (χ0v) is 14.9. The van der Waals surface area contributed by atoms with E-state index in [1.807, 2.05) is 0 Å². The molecule has 0 aromatic heterocycles. The molecule has 2 aliphatic rings. The standard InChI is InChI=1S/C18H26N4O3/c1-10(2)15-9-16(22-21-15)18(24)20-14-7-6-12(25-3)8-13(14)17(23)19-11-4-5-11/h6-8,10-11,15-16,21-22H,4-5,9H2,1-3H3,(H,19,23)(H,20,24). The van der Waals surface area contributed by atoms with Crippen molar-refractivity contribution in [2.45, 2.75) is 51.2 Å². The highest BCUT2D eigenvalue weighted by Gasteiger charge is 2.31. The molecule has 2 amide bonds. The van der Waals surface area contributed by atoms with Gasteiger partial charge in [-0.05, 0) is 43.4 Å². The van der Waals surface area contributed by atoms with Gasteiger partial charge in [-0.3, -0.25) is 15.0 Å². The summed E-state index contributed by atoms with van der Waals surface area (Å²) < 4.78 is 5.21. The summed E-state index contributed by atoms with van der Waals surface area (Å²) in [6, 6.07) is 5.28. The minimum atomic E-state index is -0.325. The van der Waals surface area contributed by atoms with Crippen LogP contribution in [-0.2, 0) is 4.79 Å². The van der Waals surface area contributed by atoms with Crippen LogP contribution in [0.1, 0.15) is 43.5 Å². The van der Waals surface area contributed by atoms with Crippen molar-refractivity contribution in [2.24, 2.45) is 5.92 Å². The highest BCUT2D eigenvalue weighted by atomic mass is 16.5. The van der Waals surface area contributed by atoms with Gasteiger partial charge in [0.1, 0.15) is 11.8 Å². The Morgan fingerprint density at radius 2 is 2.00 bits per heavy atom. The number of hydrogen-bond acceptors (Lipinski definition) is 5. The summed E-state index contributed by atoms with van der Waals surface area (Å²) in [5.41, 5.74) is 7.11. The van der Waals surface area contributed by atoms with Gasteiger partial charge in [0, 0.05) is 12.1 Å². The topological polar surface area (TPSA) is 91.5 Å². The Balaban J connectivity index is 1.72. The van der Waals surface area contributed by atoms with Crippen molar-refractivity contribution in [1.29, 1.82) is 0 Å². The van der Waals surface area contributed by atoms with Crippen LogP contribution in [0.25, 0.3) is 0 Å². The first-order valence-electron chi connectivity index (χ1n) is 8.78. The second-order valence-corrected chi connectivity index (χ2v) is 7.08. The third-order valence-corrected chi connectivity index (χ3v) is 4.70. The molecule has 7 nitrogen and oxygen atoms in total. The number of rotatable bonds is 6. The molecule has 3 rings (SSSR count). The lowest BCUT2D eigenvalue weighted by atomic mass is 9.99. The average molecular weight is 346 g/mol. The molecule has 1 heterocycles. The van der Waals surface area contributed by atoms with Crippen LogP contribution >= 0.6 is 0 Å². The van der Waals surface area contributed by atoms with E-state index in [0.29, 0.717) is 29.3 Å². The van der Waals surface area contributed by atoms with Crippen LogP contribution in [0.4, 0.5) is 5.69 Å². The Kier molecular flexibility index (Phi) is 5.24. The molecule has 2 unspecified atom stereocenters. The van der Waals surface area contributed by atoms with Crippen molar-refractivity contribution in [3.63, 3.8) is 0 Å². The fourth-order valence-corrected chi connectivity index (χ4v) is 2.85. The Hall–Kier alpha value is -2.12. The van der Waals surface area contributed by atoms with E-state index in [1.54, 1.807) is 25.3 Å². The number of carbonyl (C=O) groups is 2. The first-order valence-corrected chi connectivity index (χ1v) is 8.78. The predicted molar refractivity (Wildman–Crippen MR) is 95.4 cm³/mol. The highest BCUT2D eigenvalue weighted by Crippen LogP contribution is 2.25. The molecule has 2 fully saturated rings. The highest BCUT2D eigenvalue weighted by molar-refractivity contribution is 6.05. The number of nitrogens with one attached hydrogen (secondary N) is 4. The van der Waals surface area contributed by atoms with E-state index in [9.17, 15) is 9.59 Å². The lowest BCUT2D eigenvalue weighted by Crippen LogP contribution is -2.41. The van der Waals surface area contributed by atoms with E-state index >= 15 is 0 Å². The second kappa shape index (κ2) is 7.41. The van der Waals surface area contributed by atoms with Gasteiger partial charge in [-0.25, -0.2) is 5.43 Å². The minimum Gasteiger partial charge on any atom is -0.497 e. The molecule has 1 saturated carbocycles. The Bertz CT molecular complexity index is 658. The third kappa shape index (κ3) is 4.29. The van der Waals surface area contributed by atoms with Crippen molar-refractivity contribution < 1.29 is 14.3 Å². The number of hydrogen-bond donors (Lipinski definition) is 4. The molecule has 4 N–H and O–H groups in total. The van der Waals surface area contributed by atoms with Crippen molar-refractivity contribution in [1.82, 2.24) is 16.2 Å². The molecule has 25 heavy (non-hydrogen) atoms. The molecule has 1 aliphatic carbocycles. The number of ether oxygens (including phenoxy) is 1. The van der Waals surface area contributed by atoms with Crippen LogP contribution < -0.4 is 26.2 Å². The molecule has 1 aromatic carbocycles. The van der Waals surface area contributed by atoms with E-state index in [2.05, 4.69) is 35.3 Å². The molecular formula is C18H26N4O3. The Morgan fingerprint density at radius 3 is 2.60 bits per heavy atom. The van der Waals surface area contributed by atoms with Gasteiger partial charge in [0.05, 0.1) is 18.4 Å². The quantitative estimate of drug-likeness (QED) is 0.625. The lowest BCUT2D eigenvalue weighted by Gasteiger charge is -2.15. The van der Waals surface area contributed by atoms with Gasteiger partial charge in [-0.15, -0.1) is 0 Å². The van der Waals surface area contributed by atoms with Crippen molar-refractivity contribution >= 4 is 17.5 Å². The van der Waals surface area contributed by atoms with E-state index in [4.69, 9.17) is 4.74 Å². The average Bonchev–Trinajstić information content (AvgIpc) is 3.25. The zero-order chi connectivity index (χ0) is 18.0. The molecule has 1 aliphatic heterocycles. The number of anilines is 1. The molecular weight excluding hydrogens is 320 g/mol. The fourth-order valence-electron chi connectivity index (χ4n) is 2.85. The number of hydrazine groups is 1. The number of benzene rings is 1. The van der Waals surface area contributed by atoms with Crippen molar-refractivity contribution in [3.05, 3.63) is 23.8 Å². The van der Waals surface area contributed by atoms with Gasteiger partial charge in [-0.2, -0.15) is 0 Å². The van der Waals surface area contributed by atoms with Gasteiger partial charge in [0.15, 0.2) is 0 Å². The van der Waals surface area contributed by atoms with Crippen LogP contribution in [0.2, 0.25) is 0 Å². The molecule has 136 valence electrons. The molecule has 0 spiro atoms. The number of amides is 2. The zero-order valence-electron chi connectivity index (χ0n) is 14.9. The largest absolute Gasteiger partial charge is 0.497 e. The summed E-state index contributed by atoms with van der Waals surface area (Å²) in [5, 5.41) is 5.83. The summed E-state index contributed by atoms with van der Waals surface area (Å²) in [6.07, 6.45) is 2.72.